The van der Waals surface area contributed by atoms with Crippen LogP contribution >= 0.6 is 0 Å². The quantitative estimate of drug-likeness (QED) is 0.272. The molecule has 0 aromatic carbocycles. The molecule has 0 radical (unpaired) electrons. The molecule has 5 nitrogen and oxygen atoms in total. The van der Waals surface area contributed by atoms with E-state index in [4.69, 9.17) is 25.2 Å². The minimum atomic E-state index is -2.16. The number of hydrogen-bond donors (Lipinski definition) is 4. The molecule has 0 unspecified atom stereocenters. The minimum absolute atomic E-state index is 0.00296. The van der Waals surface area contributed by atoms with Crippen LogP contribution < -0.4 is 0 Å². The van der Waals surface area contributed by atoms with Gasteiger partial charge >= 0.3 is 0 Å². The summed E-state index contributed by atoms with van der Waals surface area (Å²) in [5.41, 5.74) is 0. The van der Waals surface area contributed by atoms with Crippen molar-refractivity contribution in [2.75, 3.05) is 26.4 Å². The fraction of sp³-hybridized carbons (Fsp3) is 1.00. The van der Waals surface area contributed by atoms with Crippen LogP contribution in [0.1, 0.15) is 6.42 Å². The molecule has 0 rings (SSSR count). The Balaban J connectivity index is 3.23. The van der Waals surface area contributed by atoms with Gasteiger partial charge in [0.2, 0.25) is 5.79 Å². The molecule has 5 heteroatoms. The Kier molecular flexibility index (Phi) is 5.35. The van der Waals surface area contributed by atoms with Crippen molar-refractivity contribution < 1.29 is 25.2 Å². The van der Waals surface area contributed by atoms with E-state index < -0.39 is 12.4 Å². The Morgan fingerprint density at radius 1 is 1.18 bits per heavy atom. The Morgan fingerprint density at radius 3 is 2.27 bits per heavy atom. The van der Waals surface area contributed by atoms with Gasteiger partial charge in [-0.3, -0.25) is 0 Å². The van der Waals surface area contributed by atoms with Crippen molar-refractivity contribution in [2.45, 2.75) is 12.2 Å². The van der Waals surface area contributed by atoms with E-state index >= 15 is 0 Å². The first-order valence-electron chi connectivity index (χ1n) is 3.36. The van der Waals surface area contributed by atoms with Gasteiger partial charge in [-0.25, -0.2) is 0 Å². The summed E-state index contributed by atoms with van der Waals surface area (Å²) in [6, 6.07) is 0. The summed E-state index contributed by atoms with van der Waals surface area (Å²) in [4.78, 5) is 0. The SMILES string of the molecule is OCCCOCC(O)(O)CO. The molecular weight excluding hydrogens is 152 g/mol. The molecule has 0 atom stereocenters. The molecule has 0 fully saturated rings. The van der Waals surface area contributed by atoms with Gasteiger partial charge in [0.1, 0.15) is 6.61 Å². The summed E-state index contributed by atoms with van der Waals surface area (Å²) in [5.74, 6) is -2.16. The maximum atomic E-state index is 8.74. The number of aliphatic hydroxyl groups is 4. The first-order chi connectivity index (χ1) is 5.12. The molecule has 0 heterocycles. The average molecular weight is 166 g/mol. The molecule has 0 saturated carbocycles. The van der Waals surface area contributed by atoms with Crippen molar-refractivity contribution in [2.24, 2.45) is 0 Å². The number of aliphatic hydroxyl groups excluding tert-OH is 2. The van der Waals surface area contributed by atoms with Crippen LogP contribution in [-0.2, 0) is 4.74 Å². The molecule has 68 valence electrons. The van der Waals surface area contributed by atoms with Gasteiger partial charge in [0.05, 0.1) is 6.61 Å². The number of hydrogen-bond acceptors (Lipinski definition) is 5. The van der Waals surface area contributed by atoms with Crippen LogP contribution in [0.2, 0.25) is 0 Å². The lowest BCUT2D eigenvalue weighted by Crippen LogP contribution is -2.38. The Hall–Kier alpha value is -0.200. The maximum absolute atomic E-state index is 8.74. The van der Waals surface area contributed by atoms with E-state index in [9.17, 15) is 0 Å². The van der Waals surface area contributed by atoms with Gasteiger partial charge in [-0.2, -0.15) is 0 Å². The summed E-state index contributed by atoms with van der Waals surface area (Å²) in [7, 11) is 0. The average Bonchev–Trinajstić information content (AvgIpc) is 1.99. The van der Waals surface area contributed by atoms with Crippen LogP contribution in [0.5, 0.6) is 0 Å². The van der Waals surface area contributed by atoms with Crippen molar-refractivity contribution in [3.8, 4) is 0 Å². The largest absolute Gasteiger partial charge is 0.396 e. The van der Waals surface area contributed by atoms with Crippen molar-refractivity contribution in [1.82, 2.24) is 0 Å². The smallest absolute Gasteiger partial charge is 0.210 e. The third-order valence-corrected chi connectivity index (χ3v) is 1.03. The summed E-state index contributed by atoms with van der Waals surface area (Å²) in [5, 5.41) is 34.1. The maximum Gasteiger partial charge on any atom is 0.210 e. The summed E-state index contributed by atoms with van der Waals surface area (Å²) in [6.07, 6.45) is 0.446. The highest BCUT2D eigenvalue weighted by molar-refractivity contribution is 4.59. The van der Waals surface area contributed by atoms with Crippen molar-refractivity contribution in [3.63, 3.8) is 0 Å². The fourth-order valence-corrected chi connectivity index (χ4v) is 0.448. The van der Waals surface area contributed by atoms with Gasteiger partial charge < -0.3 is 25.2 Å². The van der Waals surface area contributed by atoms with Crippen LogP contribution in [0.3, 0.4) is 0 Å². The van der Waals surface area contributed by atoms with Crippen LogP contribution in [-0.4, -0.2) is 52.6 Å². The molecule has 0 amide bonds. The van der Waals surface area contributed by atoms with Crippen molar-refractivity contribution >= 4 is 0 Å². The summed E-state index contributed by atoms with van der Waals surface area (Å²) >= 11 is 0. The normalized spacial score (nSPS) is 12.0. The lowest BCUT2D eigenvalue weighted by atomic mass is 10.3. The molecule has 0 aromatic rings. The minimum Gasteiger partial charge on any atom is -0.396 e. The van der Waals surface area contributed by atoms with Gasteiger partial charge in [0.25, 0.3) is 0 Å². The second kappa shape index (κ2) is 5.45. The Morgan fingerprint density at radius 2 is 1.82 bits per heavy atom. The second-order valence-corrected chi connectivity index (χ2v) is 2.27. The summed E-state index contributed by atoms with van der Waals surface area (Å²) < 4.78 is 4.71. The molecule has 0 aliphatic heterocycles. The fourth-order valence-electron chi connectivity index (χ4n) is 0.448. The highest BCUT2D eigenvalue weighted by Gasteiger charge is 2.21. The Labute approximate surface area is 64.9 Å². The zero-order valence-electron chi connectivity index (χ0n) is 6.23. The zero-order chi connectivity index (χ0) is 8.74. The van der Waals surface area contributed by atoms with E-state index in [2.05, 4.69) is 0 Å². The topological polar surface area (TPSA) is 90.2 Å². The number of ether oxygens (including phenoxy) is 1. The van der Waals surface area contributed by atoms with Crippen LogP contribution in [0.15, 0.2) is 0 Å². The zero-order valence-corrected chi connectivity index (χ0v) is 6.23. The van der Waals surface area contributed by atoms with Gasteiger partial charge in [-0.1, -0.05) is 0 Å². The van der Waals surface area contributed by atoms with Crippen LogP contribution in [0.25, 0.3) is 0 Å². The van der Waals surface area contributed by atoms with E-state index in [1.807, 2.05) is 0 Å². The molecule has 0 aliphatic rings. The predicted molar refractivity (Wildman–Crippen MR) is 36.8 cm³/mol. The van der Waals surface area contributed by atoms with Crippen molar-refractivity contribution in [3.05, 3.63) is 0 Å². The van der Waals surface area contributed by atoms with Crippen molar-refractivity contribution in [1.29, 1.82) is 0 Å². The van der Waals surface area contributed by atoms with Gasteiger partial charge in [0.15, 0.2) is 0 Å². The van der Waals surface area contributed by atoms with Crippen LogP contribution in [0, 0.1) is 0 Å². The Bertz CT molecular complexity index is 93.0. The first-order valence-corrected chi connectivity index (χ1v) is 3.36. The third-order valence-electron chi connectivity index (χ3n) is 1.03. The van der Waals surface area contributed by atoms with Gasteiger partial charge in [0, 0.05) is 13.2 Å². The van der Waals surface area contributed by atoms with Gasteiger partial charge in [-0.15, -0.1) is 0 Å². The highest BCUT2D eigenvalue weighted by Crippen LogP contribution is 1.97. The van der Waals surface area contributed by atoms with E-state index in [-0.39, 0.29) is 19.8 Å². The lowest BCUT2D eigenvalue weighted by Gasteiger charge is -2.18. The predicted octanol–water partition coefficient (Wildman–Crippen LogP) is -1.94. The van der Waals surface area contributed by atoms with E-state index in [1.54, 1.807) is 0 Å². The molecule has 0 bridgehead atoms. The molecule has 0 spiro atoms. The first kappa shape index (κ1) is 10.8. The van der Waals surface area contributed by atoms with E-state index in [0.717, 1.165) is 0 Å². The molecule has 0 aliphatic carbocycles. The third kappa shape index (κ3) is 6.21. The second-order valence-electron chi connectivity index (χ2n) is 2.27. The highest BCUT2D eigenvalue weighted by atomic mass is 16.6. The molecule has 4 N–H and O–H groups in total. The molecule has 0 saturated heterocycles. The molecule has 0 aromatic heterocycles. The lowest BCUT2D eigenvalue weighted by molar-refractivity contribution is -0.218. The number of rotatable bonds is 6. The van der Waals surface area contributed by atoms with Gasteiger partial charge in [-0.05, 0) is 6.42 Å². The molecule has 11 heavy (non-hydrogen) atoms. The van der Waals surface area contributed by atoms with E-state index in [1.165, 1.54) is 0 Å². The standard InChI is InChI=1S/C6H14O5/c7-2-1-3-11-5-6(9,10)4-8/h7-10H,1-5H2. The summed E-state index contributed by atoms with van der Waals surface area (Å²) in [6.45, 7) is -0.849. The molecular formula is C6H14O5. The van der Waals surface area contributed by atoms with Crippen LogP contribution in [0.4, 0.5) is 0 Å². The monoisotopic (exact) mass is 166 g/mol. The van der Waals surface area contributed by atoms with E-state index in [0.29, 0.717) is 6.42 Å².